The van der Waals surface area contributed by atoms with Crippen LogP contribution in [-0.2, 0) is 9.53 Å². The number of carbonyl (C=O) groups is 1. The van der Waals surface area contributed by atoms with Gasteiger partial charge in [-0.05, 0) is 19.8 Å². The lowest BCUT2D eigenvalue weighted by atomic mass is 9.94. The Balaban J connectivity index is 2.23. The molecule has 0 aliphatic carbocycles. The van der Waals surface area contributed by atoms with Crippen molar-refractivity contribution in [2.75, 3.05) is 26.3 Å². The monoisotopic (exact) mass is 268 g/mol. The van der Waals surface area contributed by atoms with Crippen molar-refractivity contribution in [2.45, 2.75) is 32.0 Å². The zero-order chi connectivity index (χ0) is 13.6. The van der Waals surface area contributed by atoms with E-state index in [1.165, 1.54) is 0 Å². The number of carbonyl (C=O) groups excluding carboxylic acids is 1. The second-order valence-electron chi connectivity index (χ2n) is 4.26. The van der Waals surface area contributed by atoms with Gasteiger partial charge in [0.1, 0.15) is 0 Å². The first kappa shape index (κ1) is 15.2. The van der Waals surface area contributed by atoms with Crippen LogP contribution in [0, 0.1) is 5.92 Å². The molecule has 7 heteroatoms. The van der Waals surface area contributed by atoms with Crippen LogP contribution in [0.4, 0.5) is 13.2 Å². The molecular formula is C11H19F3N2O2. The fraction of sp³-hybridized carbons (Fsp3) is 0.909. The summed E-state index contributed by atoms with van der Waals surface area (Å²) in [4.78, 5) is 11.6. The van der Waals surface area contributed by atoms with Gasteiger partial charge in [0, 0.05) is 19.7 Å². The molecule has 1 amide bonds. The van der Waals surface area contributed by atoms with Gasteiger partial charge in [0.25, 0.3) is 0 Å². The van der Waals surface area contributed by atoms with Crippen LogP contribution in [-0.4, -0.2) is 44.4 Å². The summed E-state index contributed by atoms with van der Waals surface area (Å²) in [7, 11) is 0. The predicted molar refractivity (Wildman–Crippen MR) is 60.1 cm³/mol. The number of hydrogen-bond acceptors (Lipinski definition) is 3. The third-order valence-corrected chi connectivity index (χ3v) is 2.94. The minimum Gasteiger partial charge on any atom is -0.380 e. The summed E-state index contributed by atoms with van der Waals surface area (Å²) < 4.78 is 42.2. The molecule has 1 heterocycles. The molecule has 18 heavy (non-hydrogen) atoms. The van der Waals surface area contributed by atoms with Crippen LogP contribution in [0.2, 0.25) is 0 Å². The molecule has 0 aromatic heterocycles. The highest BCUT2D eigenvalue weighted by Crippen LogP contribution is 2.31. The summed E-state index contributed by atoms with van der Waals surface area (Å²) in [5, 5.41) is 5.28. The Morgan fingerprint density at radius 1 is 1.44 bits per heavy atom. The van der Waals surface area contributed by atoms with Gasteiger partial charge in [-0.3, -0.25) is 4.79 Å². The third-order valence-electron chi connectivity index (χ3n) is 2.94. The van der Waals surface area contributed by atoms with Crippen molar-refractivity contribution in [1.82, 2.24) is 10.6 Å². The molecule has 0 aromatic rings. The van der Waals surface area contributed by atoms with E-state index in [1.54, 1.807) is 0 Å². The fourth-order valence-corrected chi connectivity index (χ4v) is 1.87. The number of piperidine rings is 1. The summed E-state index contributed by atoms with van der Waals surface area (Å²) in [5.74, 6) is -1.60. The molecule has 2 N–H and O–H groups in total. The van der Waals surface area contributed by atoms with Gasteiger partial charge in [-0.2, -0.15) is 13.2 Å². The SMILES string of the molecule is CCOCCNC(=O)C1CCC(C(F)(F)F)CN1. The minimum absolute atomic E-state index is 0.0000463. The first-order valence-corrected chi connectivity index (χ1v) is 6.10. The standard InChI is InChI=1S/C11H19F3N2O2/c1-2-18-6-5-15-10(17)9-4-3-8(7-16-9)11(12,13)14/h8-9,16H,2-7H2,1H3,(H,15,17). The predicted octanol–water partition coefficient (Wildman–Crippen LogP) is 1.07. The maximum Gasteiger partial charge on any atom is 0.393 e. The number of ether oxygens (including phenoxy) is 1. The van der Waals surface area contributed by atoms with E-state index >= 15 is 0 Å². The number of nitrogens with one attached hydrogen (secondary N) is 2. The van der Waals surface area contributed by atoms with E-state index in [4.69, 9.17) is 4.74 Å². The van der Waals surface area contributed by atoms with Gasteiger partial charge in [0.15, 0.2) is 0 Å². The minimum atomic E-state index is -4.18. The Kier molecular flexibility index (Phi) is 5.87. The molecule has 0 bridgehead atoms. The molecule has 1 rings (SSSR count). The molecule has 106 valence electrons. The Bertz CT molecular complexity index is 264. The van der Waals surface area contributed by atoms with Crippen LogP contribution in [0.1, 0.15) is 19.8 Å². The topological polar surface area (TPSA) is 50.4 Å². The molecule has 2 atom stereocenters. The van der Waals surface area contributed by atoms with Gasteiger partial charge in [-0.1, -0.05) is 0 Å². The van der Waals surface area contributed by atoms with Crippen LogP contribution >= 0.6 is 0 Å². The van der Waals surface area contributed by atoms with E-state index in [1.807, 2.05) is 6.92 Å². The van der Waals surface area contributed by atoms with Crippen molar-refractivity contribution < 1.29 is 22.7 Å². The normalized spacial score (nSPS) is 24.9. The average molecular weight is 268 g/mol. The van der Waals surface area contributed by atoms with Gasteiger partial charge < -0.3 is 15.4 Å². The highest BCUT2D eigenvalue weighted by atomic mass is 19.4. The molecule has 1 aliphatic rings. The lowest BCUT2D eigenvalue weighted by Crippen LogP contribution is -2.51. The van der Waals surface area contributed by atoms with Crippen molar-refractivity contribution in [3.63, 3.8) is 0 Å². The average Bonchev–Trinajstić information content (AvgIpc) is 2.33. The molecule has 1 saturated heterocycles. The van der Waals surface area contributed by atoms with Gasteiger partial charge in [0.2, 0.25) is 5.91 Å². The van der Waals surface area contributed by atoms with Crippen molar-refractivity contribution in [2.24, 2.45) is 5.92 Å². The van der Waals surface area contributed by atoms with Gasteiger partial charge in [-0.25, -0.2) is 0 Å². The van der Waals surface area contributed by atoms with Crippen molar-refractivity contribution in [1.29, 1.82) is 0 Å². The molecule has 2 unspecified atom stereocenters. The van der Waals surface area contributed by atoms with Crippen LogP contribution in [0.15, 0.2) is 0 Å². The molecule has 1 aliphatic heterocycles. The highest BCUT2D eigenvalue weighted by Gasteiger charge is 2.42. The lowest BCUT2D eigenvalue weighted by Gasteiger charge is -2.30. The van der Waals surface area contributed by atoms with E-state index < -0.39 is 18.1 Å². The van der Waals surface area contributed by atoms with Crippen molar-refractivity contribution >= 4 is 5.91 Å². The molecule has 0 spiro atoms. The van der Waals surface area contributed by atoms with E-state index in [0.29, 0.717) is 19.8 Å². The largest absolute Gasteiger partial charge is 0.393 e. The van der Waals surface area contributed by atoms with Crippen molar-refractivity contribution in [3.8, 4) is 0 Å². The van der Waals surface area contributed by atoms with Crippen LogP contribution < -0.4 is 10.6 Å². The lowest BCUT2D eigenvalue weighted by molar-refractivity contribution is -0.180. The zero-order valence-electron chi connectivity index (χ0n) is 10.3. The zero-order valence-corrected chi connectivity index (χ0v) is 10.3. The maximum absolute atomic E-state index is 12.4. The van der Waals surface area contributed by atoms with Gasteiger partial charge in [0.05, 0.1) is 18.6 Å². The number of amides is 1. The Hall–Kier alpha value is -0.820. The molecule has 0 aromatic carbocycles. The van der Waals surface area contributed by atoms with Crippen LogP contribution in [0.5, 0.6) is 0 Å². The summed E-state index contributed by atoms with van der Waals surface area (Å²) in [6.45, 7) is 3.04. The number of alkyl halides is 3. The Morgan fingerprint density at radius 2 is 2.17 bits per heavy atom. The Labute approximate surface area is 104 Å². The summed E-state index contributed by atoms with van der Waals surface area (Å²) in [5.41, 5.74) is 0. The second-order valence-corrected chi connectivity index (χ2v) is 4.26. The van der Waals surface area contributed by atoms with E-state index in [-0.39, 0.29) is 25.3 Å². The second kappa shape index (κ2) is 6.94. The summed E-state index contributed by atoms with van der Waals surface area (Å²) in [6.07, 6.45) is -3.96. The maximum atomic E-state index is 12.4. The number of rotatable bonds is 5. The smallest absolute Gasteiger partial charge is 0.380 e. The quantitative estimate of drug-likeness (QED) is 0.733. The molecule has 4 nitrogen and oxygen atoms in total. The number of hydrogen-bond donors (Lipinski definition) is 2. The molecule has 0 radical (unpaired) electrons. The van der Waals surface area contributed by atoms with Crippen LogP contribution in [0.3, 0.4) is 0 Å². The molecule has 0 saturated carbocycles. The van der Waals surface area contributed by atoms with E-state index in [2.05, 4.69) is 10.6 Å². The summed E-state index contributed by atoms with van der Waals surface area (Å²) in [6, 6.07) is -0.523. The van der Waals surface area contributed by atoms with Crippen molar-refractivity contribution in [3.05, 3.63) is 0 Å². The fourth-order valence-electron chi connectivity index (χ4n) is 1.87. The van der Waals surface area contributed by atoms with Gasteiger partial charge in [-0.15, -0.1) is 0 Å². The highest BCUT2D eigenvalue weighted by molar-refractivity contribution is 5.81. The first-order valence-electron chi connectivity index (χ1n) is 6.10. The van der Waals surface area contributed by atoms with E-state index in [9.17, 15) is 18.0 Å². The van der Waals surface area contributed by atoms with E-state index in [0.717, 1.165) is 0 Å². The third kappa shape index (κ3) is 4.81. The number of halogens is 3. The van der Waals surface area contributed by atoms with Crippen LogP contribution in [0.25, 0.3) is 0 Å². The van der Waals surface area contributed by atoms with Gasteiger partial charge >= 0.3 is 6.18 Å². The summed E-state index contributed by atoms with van der Waals surface area (Å²) >= 11 is 0. The molecular weight excluding hydrogens is 249 g/mol. The first-order chi connectivity index (χ1) is 8.45. The Morgan fingerprint density at radius 3 is 2.67 bits per heavy atom. The molecule has 1 fully saturated rings.